The van der Waals surface area contributed by atoms with Crippen LogP contribution in [0.1, 0.15) is 24.3 Å². The van der Waals surface area contributed by atoms with E-state index in [1.165, 1.54) is 14.0 Å². The SMILES string of the molecule is CNc1ccc(/C(N)=C(\NC(=O)OC(C)c2cc(F)cnc2F)N(C)N)nc1. The highest BCUT2D eigenvalue weighted by Crippen LogP contribution is 2.20. The molecule has 0 bridgehead atoms. The van der Waals surface area contributed by atoms with E-state index in [2.05, 4.69) is 20.6 Å². The first-order valence-corrected chi connectivity index (χ1v) is 8.13. The van der Waals surface area contributed by atoms with E-state index in [1.54, 1.807) is 25.4 Å². The first-order valence-electron chi connectivity index (χ1n) is 8.13. The van der Waals surface area contributed by atoms with Gasteiger partial charge in [0.05, 0.1) is 29.3 Å². The summed E-state index contributed by atoms with van der Waals surface area (Å²) in [4.78, 5) is 19.6. The van der Waals surface area contributed by atoms with Crippen molar-refractivity contribution in [2.24, 2.45) is 11.6 Å². The molecule has 0 saturated carbocycles. The number of rotatable bonds is 6. The van der Waals surface area contributed by atoms with Gasteiger partial charge in [0.15, 0.2) is 5.82 Å². The van der Waals surface area contributed by atoms with Crippen LogP contribution in [-0.4, -0.2) is 35.2 Å². The highest BCUT2D eigenvalue weighted by Gasteiger charge is 2.20. The van der Waals surface area contributed by atoms with Crippen molar-refractivity contribution >= 4 is 17.5 Å². The molecule has 0 aliphatic heterocycles. The standard InChI is InChI=1S/C17H21F2N7O2/c1-9(12-6-10(18)7-24-15(12)19)28-17(27)25-16(26(3)21)14(20)13-5-4-11(22-2)8-23-13/h4-9,22H,20-21H2,1-3H3,(H,25,27)/b16-14-. The molecule has 28 heavy (non-hydrogen) atoms. The Bertz CT molecular complexity index is 872. The van der Waals surface area contributed by atoms with Crippen LogP contribution in [0.2, 0.25) is 0 Å². The van der Waals surface area contributed by atoms with Crippen LogP contribution in [0.4, 0.5) is 19.3 Å². The maximum Gasteiger partial charge on any atom is 0.413 e. The Kier molecular flexibility index (Phi) is 6.66. The molecule has 1 atom stereocenters. The molecule has 0 radical (unpaired) electrons. The molecule has 2 aromatic heterocycles. The zero-order valence-electron chi connectivity index (χ0n) is 15.5. The third-order valence-electron chi connectivity index (χ3n) is 3.71. The Morgan fingerprint density at radius 3 is 2.57 bits per heavy atom. The number of amides is 1. The minimum atomic E-state index is -1.11. The monoisotopic (exact) mass is 393 g/mol. The number of pyridine rings is 2. The van der Waals surface area contributed by atoms with Gasteiger partial charge in [-0.1, -0.05) is 0 Å². The number of nitrogens with one attached hydrogen (secondary N) is 2. The number of hydrogen-bond acceptors (Lipinski definition) is 8. The van der Waals surface area contributed by atoms with E-state index in [1.807, 2.05) is 0 Å². The Morgan fingerprint density at radius 1 is 1.29 bits per heavy atom. The van der Waals surface area contributed by atoms with E-state index >= 15 is 0 Å². The molecule has 9 nitrogen and oxygen atoms in total. The highest BCUT2D eigenvalue weighted by molar-refractivity contribution is 5.74. The topological polar surface area (TPSA) is 131 Å². The molecule has 1 amide bonds. The van der Waals surface area contributed by atoms with Crippen molar-refractivity contribution in [1.29, 1.82) is 0 Å². The van der Waals surface area contributed by atoms with Gasteiger partial charge >= 0.3 is 6.09 Å². The number of carbonyl (C=O) groups excluding carboxylic acids is 1. The molecule has 6 N–H and O–H groups in total. The summed E-state index contributed by atoms with van der Waals surface area (Å²) in [7, 11) is 3.19. The molecule has 0 spiro atoms. The lowest BCUT2D eigenvalue weighted by Crippen LogP contribution is -2.39. The van der Waals surface area contributed by atoms with Crippen molar-refractivity contribution in [3.05, 3.63) is 59.4 Å². The van der Waals surface area contributed by atoms with Gasteiger partial charge in [-0.05, 0) is 25.1 Å². The molecule has 0 fully saturated rings. The number of halogens is 2. The van der Waals surface area contributed by atoms with Crippen LogP contribution < -0.4 is 22.2 Å². The summed E-state index contributed by atoms with van der Waals surface area (Å²) < 4.78 is 32.1. The van der Waals surface area contributed by atoms with E-state index < -0.39 is 24.0 Å². The number of aromatic nitrogens is 2. The molecule has 0 aliphatic rings. The fourth-order valence-corrected chi connectivity index (χ4v) is 2.24. The summed E-state index contributed by atoms with van der Waals surface area (Å²) in [5, 5.41) is 6.37. The maximum absolute atomic E-state index is 13.7. The quantitative estimate of drug-likeness (QED) is 0.331. The molecule has 150 valence electrons. The number of ether oxygens (including phenoxy) is 1. The Morgan fingerprint density at radius 2 is 2.00 bits per heavy atom. The van der Waals surface area contributed by atoms with Gasteiger partial charge in [0.25, 0.3) is 0 Å². The van der Waals surface area contributed by atoms with Crippen LogP contribution in [-0.2, 0) is 4.74 Å². The number of anilines is 1. The largest absolute Gasteiger partial charge is 0.441 e. The first-order chi connectivity index (χ1) is 13.2. The van der Waals surface area contributed by atoms with Gasteiger partial charge in [-0.15, -0.1) is 0 Å². The summed E-state index contributed by atoms with van der Waals surface area (Å²) in [6, 6.07) is 4.27. The zero-order chi connectivity index (χ0) is 20.8. The molecule has 1 unspecified atom stereocenters. The summed E-state index contributed by atoms with van der Waals surface area (Å²) in [5.41, 5.74) is 7.05. The number of nitrogens with zero attached hydrogens (tertiary/aromatic N) is 3. The average molecular weight is 393 g/mol. The first kappa shape index (κ1) is 20.8. The highest BCUT2D eigenvalue weighted by atomic mass is 19.1. The van der Waals surface area contributed by atoms with Crippen molar-refractivity contribution in [3.63, 3.8) is 0 Å². The lowest BCUT2D eigenvalue weighted by Gasteiger charge is -2.21. The minimum Gasteiger partial charge on any atom is -0.441 e. The predicted molar refractivity (Wildman–Crippen MR) is 99.0 cm³/mol. The summed E-state index contributed by atoms with van der Waals surface area (Å²) in [5.74, 6) is 4.05. The van der Waals surface area contributed by atoms with Crippen molar-refractivity contribution in [2.75, 3.05) is 19.4 Å². The molecule has 2 rings (SSSR count). The summed E-state index contributed by atoms with van der Waals surface area (Å²) in [6.45, 7) is 1.37. The van der Waals surface area contributed by atoms with Crippen LogP contribution >= 0.6 is 0 Å². The van der Waals surface area contributed by atoms with Gasteiger partial charge < -0.3 is 15.8 Å². The molecular formula is C17H21F2N7O2. The Balaban J connectivity index is 2.18. The number of hydrogen-bond donors (Lipinski definition) is 4. The molecule has 0 aromatic carbocycles. The average Bonchev–Trinajstić information content (AvgIpc) is 2.67. The molecule has 0 saturated heterocycles. The van der Waals surface area contributed by atoms with E-state index in [0.717, 1.165) is 23.0 Å². The Hall–Kier alpha value is -3.47. The van der Waals surface area contributed by atoms with Gasteiger partial charge in [-0.3, -0.25) is 15.3 Å². The summed E-state index contributed by atoms with van der Waals surface area (Å²) in [6.07, 6.45) is 0.194. The van der Waals surface area contributed by atoms with Crippen molar-refractivity contribution < 1.29 is 18.3 Å². The minimum absolute atomic E-state index is 0.0137. The molecule has 0 aliphatic carbocycles. The van der Waals surface area contributed by atoms with Crippen molar-refractivity contribution in [2.45, 2.75) is 13.0 Å². The van der Waals surface area contributed by atoms with E-state index in [-0.39, 0.29) is 17.1 Å². The van der Waals surface area contributed by atoms with Crippen LogP contribution in [0.5, 0.6) is 0 Å². The van der Waals surface area contributed by atoms with Gasteiger partial charge in [0, 0.05) is 14.1 Å². The van der Waals surface area contributed by atoms with Gasteiger partial charge in [0.2, 0.25) is 5.95 Å². The molecule has 2 aromatic rings. The van der Waals surface area contributed by atoms with Crippen molar-refractivity contribution in [3.8, 4) is 0 Å². The smallest absolute Gasteiger partial charge is 0.413 e. The predicted octanol–water partition coefficient (Wildman–Crippen LogP) is 1.67. The number of carbonyl (C=O) groups is 1. The third-order valence-corrected chi connectivity index (χ3v) is 3.71. The summed E-state index contributed by atoms with van der Waals surface area (Å²) >= 11 is 0. The molecule has 11 heteroatoms. The number of hydrazine groups is 1. The normalized spacial score (nSPS) is 12.6. The fraction of sp³-hybridized carbons (Fsp3) is 0.235. The second kappa shape index (κ2) is 8.95. The van der Waals surface area contributed by atoms with E-state index in [4.69, 9.17) is 16.3 Å². The Labute approximate surface area is 160 Å². The number of nitrogens with two attached hydrogens (primary N) is 2. The fourth-order valence-electron chi connectivity index (χ4n) is 2.24. The second-order valence-electron chi connectivity index (χ2n) is 5.76. The van der Waals surface area contributed by atoms with E-state index in [0.29, 0.717) is 5.69 Å². The van der Waals surface area contributed by atoms with Gasteiger partial charge in [0.1, 0.15) is 17.6 Å². The van der Waals surface area contributed by atoms with Gasteiger partial charge in [-0.2, -0.15) is 4.39 Å². The lowest BCUT2D eigenvalue weighted by molar-refractivity contribution is 0.104. The lowest BCUT2D eigenvalue weighted by atomic mass is 10.2. The maximum atomic E-state index is 13.7. The second-order valence-corrected chi connectivity index (χ2v) is 5.76. The van der Waals surface area contributed by atoms with Crippen LogP contribution in [0, 0.1) is 11.8 Å². The number of alkyl carbamates (subject to hydrolysis) is 1. The zero-order valence-corrected chi connectivity index (χ0v) is 15.5. The van der Waals surface area contributed by atoms with Crippen LogP contribution in [0.15, 0.2) is 36.4 Å². The molecule has 2 heterocycles. The molecular weight excluding hydrogens is 372 g/mol. The van der Waals surface area contributed by atoms with E-state index in [9.17, 15) is 13.6 Å². The van der Waals surface area contributed by atoms with Crippen LogP contribution in [0.25, 0.3) is 5.70 Å². The third kappa shape index (κ3) is 5.04. The van der Waals surface area contributed by atoms with Crippen molar-refractivity contribution in [1.82, 2.24) is 20.3 Å². The van der Waals surface area contributed by atoms with Gasteiger partial charge in [-0.25, -0.2) is 20.0 Å². The van der Waals surface area contributed by atoms with Crippen LogP contribution in [0.3, 0.4) is 0 Å².